The SMILES string of the molecule is O=C1c2cc3ccccc3cc2C(=O)C1(Br)c1ccccc1. The molecule has 0 saturated carbocycles. The number of ketones is 2. The Morgan fingerprint density at radius 3 is 1.64 bits per heavy atom. The van der Waals surface area contributed by atoms with E-state index in [1.54, 1.807) is 12.1 Å². The van der Waals surface area contributed by atoms with Crippen molar-refractivity contribution >= 4 is 38.3 Å². The van der Waals surface area contributed by atoms with Gasteiger partial charge in [0.25, 0.3) is 0 Å². The first-order valence-corrected chi connectivity index (χ1v) is 7.78. The van der Waals surface area contributed by atoms with Crippen molar-refractivity contribution in [3.63, 3.8) is 0 Å². The fourth-order valence-electron chi connectivity index (χ4n) is 3.02. The van der Waals surface area contributed by atoms with E-state index < -0.39 is 4.32 Å². The Kier molecular flexibility index (Phi) is 2.81. The summed E-state index contributed by atoms with van der Waals surface area (Å²) in [4.78, 5) is 25.8. The van der Waals surface area contributed by atoms with Crippen molar-refractivity contribution in [2.75, 3.05) is 0 Å². The van der Waals surface area contributed by atoms with Gasteiger partial charge < -0.3 is 0 Å². The molecule has 3 heteroatoms. The third-order valence-corrected chi connectivity index (χ3v) is 5.35. The van der Waals surface area contributed by atoms with Crippen molar-refractivity contribution in [2.45, 2.75) is 4.32 Å². The minimum Gasteiger partial charge on any atom is -0.292 e. The minimum absolute atomic E-state index is 0.190. The number of hydrogen-bond donors (Lipinski definition) is 0. The van der Waals surface area contributed by atoms with Crippen LogP contribution in [0, 0.1) is 0 Å². The van der Waals surface area contributed by atoms with Crippen LogP contribution in [0.1, 0.15) is 26.3 Å². The Labute approximate surface area is 135 Å². The molecule has 0 atom stereocenters. The van der Waals surface area contributed by atoms with E-state index in [2.05, 4.69) is 15.9 Å². The van der Waals surface area contributed by atoms with Gasteiger partial charge in [0, 0.05) is 11.1 Å². The van der Waals surface area contributed by atoms with Crippen LogP contribution in [-0.4, -0.2) is 11.6 Å². The predicted molar refractivity (Wildman–Crippen MR) is 89.7 cm³/mol. The van der Waals surface area contributed by atoms with Crippen LogP contribution in [0.3, 0.4) is 0 Å². The summed E-state index contributed by atoms with van der Waals surface area (Å²) < 4.78 is -1.30. The van der Waals surface area contributed by atoms with Gasteiger partial charge in [0.2, 0.25) is 0 Å². The second kappa shape index (κ2) is 4.62. The second-order valence-corrected chi connectivity index (χ2v) is 6.62. The summed E-state index contributed by atoms with van der Waals surface area (Å²) in [5.74, 6) is -0.381. The predicted octanol–water partition coefficient (Wildman–Crippen LogP) is 4.51. The molecule has 0 heterocycles. The third kappa shape index (κ3) is 1.66. The quantitative estimate of drug-likeness (QED) is 0.478. The maximum atomic E-state index is 12.9. The van der Waals surface area contributed by atoms with Crippen LogP contribution in [0.15, 0.2) is 66.7 Å². The summed E-state index contributed by atoms with van der Waals surface area (Å²) >= 11 is 3.44. The number of rotatable bonds is 1. The molecule has 4 rings (SSSR count). The highest BCUT2D eigenvalue weighted by molar-refractivity contribution is 9.10. The lowest BCUT2D eigenvalue weighted by Gasteiger charge is -2.18. The Hall–Kier alpha value is -2.26. The molecule has 1 aliphatic rings. The highest BCUT2D eigenvalue weighted by atomic mass is 79.9. The zero-order valence-electron chi connectivity index (χ0n) is 11.5. The Morgan fingerprint density at radius 2 is 1.14 bits per heavy atom. The molecule has 106 valence electrons. The number of carbonyl (C=O) groups is 2. The van der Waals surface area contributed by atoms with Gasteiger partial charge in [-0.15, -0.1) is 0 Å². The largest absolute Gasteiger partial charge is 0.292 e. The number of fused-ring (bicyclic) bond motifs is 2. The van der Waals surface area contributed by atoms with E-state index in [1.807, 2.05) is 54.6 Å². The van der Waals surface area contributed by atoms with Crippen molar-refractivity contribution in [3.05, 3.63) is 83.4 Å². The van der Waals surface area contributed by atoms with Gasteiger partial charge in [-0.05, 0) is 28.5 Å². The summed E-state index contributed by atoms with van der Waals surface area (Å²) in [5, 5.41) is 1.93. The summed E-state index contributed by atoms with van der Waals surface area (Å²) in [5.41, 5.74) is 1.65. The monoisotopic (exact) mass is 350 g/mol. The molecule has 0 saturated heterocycles. The number of benzene rings is 3. The molecule has 2 nitrogen and oxygen atoms in total. The Morgan fingerprint density at radius 1 is 0.682 bits per heavy atom. The number of hydrogen-bond acceptors (Lipinski definition) is 2. The zero-order chi connectivity index (χ0) is 15.3. The van der Waals surface area contributed by atoms with E-state index in [0.717, 1.165) is 10.8 Å². The van der Waals surface area contributed by atoms with Gasteiger partial charge in [-0.1, -0.05) is 70.5 Å². The van der Waals surface area contributed by atoms with Gasteiger partial charge in [0.1, 0.15) is 0 Å². The maximum Gasteiger partial charge on any atom is 0.192 e. The lowest BCUT2D eigenvalue weighted by molar-refractivity contribution is 0.0871. The van der Waals surface area contributed by atoms with Gasteiger partial charge in [-0.2, -0.15) is 0 Å². The van der Waals surface area contributed by atoms with Gasteiger partial charge in [-0.3, -0.25) is 9.59 Å². The first kappa shape index (κ1) is 13.4. The maximum absolute atomic E-state index is 12.9. The fraction of sp³-hybridized carbons (Fsp3) is 0.0526. The van der Waals surface area contributed by atoms with Crippen LogP contribution in [0.5, 0.6) is 0 Å². The van der Waals surface area contributed by atoms with Crippen LogP contribution in [-0.2, 0) is 4.32 Å². The van der Waals surface area contributed by atoms with E-state index in [0.29, 0.717) is 16.7 Å². The molecule has 22 heavy (non-hydrogen) atoms. The first-order valence-electron chi connectivity index (χ1n) is 6.99. The summed E-state index contributed by atoms with van der Waals surface area (Å²) in [6.07, 6.45) is 0. The number of alkyl halides is 1. The molecule has 0 aliphatic heterocycles. The van der Waals surface area contributed by atoms with Crippen molar-refractivity contribution in [1.29, 1.82) is 0 Å². The number of carbonyl (C=O) groups excluding carboxylic acids is 2. The molecule has 0 amide bonds. The second-order valence-electron chi connectivity index (χ2n) is 5.43. The number of Topliss-reactive ketones (excluding diaryl/α,β-unsaturated/α-hetero) is 2. The summed E-state index contributed by atoms with van der Waals surface area (Å²) in [6, 6.07) is 20.5. The molecular formula is C19H11BrO2. The average molecular weight is 351 g/mol. The van der Waals surface area contributed by atoms with Crippen molar-refractivity contribution in [3.8, 4) is 0 Å². The highest BCUT2D eigenvalue weighted by Crippen LogP contribution is 2.45. The molecule has 0 radical (unpaired) electrons. The average Bonchev–Trinajstić information content (AvgIpc) is 2.76. The van der Waals surface area contributed by atoms with E-state index in [9.17, 15) is 9.59 Å². The van der Waals surface area contributed by atoms with Crippen LogP contribution in [0.4, 0.5) is 0 Å². The Bertz CT molecular complexity index is 874. The minimum atomic E-state index is -1.30. The van der Waals surface area contributed by atoms with Crippen molar-refractivity contribution < 1.29 is 9.59 Å². The van der Waals surface area contributed by atoms with Gasteiger partial charge in [0.05, 0.1) is 0 Å². The number of halogens is 1. The lowest BCUT2D eigenvalue weighted by Crippen LogP contribution is -2.31. The van der Waals surface area contributed by atoms with Crippen molar-refractivity contribution in [1.82, 2.24) is 0 Å². The lowest BCUT2D eigenvalue weighted by atomic mass is 9.94. The van der Waals surface area contributed by atoms with E-state index in [-0.39, 0.29) is 11.6 Å². The molecule has 3 aromatic rings. The van der Waals surface area contributed by atoms with Crippen LogP contribution in [0.2, 0.25) is 0 Å². The molecule has 0 N–H and O–H groups in total. The summed E-state index contributed by atoms with van der Waals surface area (Å²) in [7, 11) is 0. The van der Waals surface area contributed by atoms with E-state index in [1.165, 1.54) is 0 Å². The Balaban J connectivity index is 1.98. The van der Waals surface area contributed by atoms with E-state index in [4.69, 9.17) is 0 Å². The molecule has 0 aromatic heterocycles. The third-order valence-electron chi connectivity index (χ3n) is 4.17. The van der Waals surface area contributed by atoms with Gasteiger partial charge in [-0.25, -0.2) is 0 Å². The molecule has 1 aliphatic carbocycles. The molecule has 0 bridgehead atoms. The smallest absolute Gasteiger partial charge is 0.192 e. The van der Waals surface area contributed by atoms with Crippen molar-refractivity contribution in [2.24, 2.45) is 0 Å². The molecular weight excluding hydrogens is 340 g/mol. The van der Waals surface area contributed by atoms with Crippen LogP contribution in [0.25, 0.3) is 10.8 Å². The highest BCUT2D eigenvalue weighted by Gasteiger charge is 2.52. The van der Waals surface area contributed by atoms with Crippen LogP contribution >= 0.6 is 15.9 Å². The first-order chi connectivity index (χ1) is 10.6. The molecule has 0 spiro atoms. The van der Waals surface area contributed by atoms with Crippen LogP contribution < -0.4 is 0 Å². The summed E-state index contributed by atoms with van der Waals surface area (Å²) in [6.45, 7) is 0. The van der Waals surface area contributed by atoms with Gasteiger partial charge in [0.15, 0.2) is 15.9 Å². The molecule has 0 unspecified atom stereocenters. The topological polar surface area (TPSA) is 34.1 Å². The molecule has 3 aromatic carbocycles. The standard InChI is InChI=1S/C19H11BrO2/c20-19(14-8-2-1-3-9-14)17(21)15-10-12-6-4-5-7-13(12)11-16(15)18(19)22/h1-11H. The molecule has 0 fully saturated rings. The zero-order valence-corrected chi connectivity index (χ0v) is 13.1. The van der Waals surface area contributed by atoms with Gasteiger partial charge >= 0.3 is 0 Å². The van der Waals surface area contributed by atoms with E-state index >= 15 is 0 Å². The fourth-order valence-corrected chi connectivity index (χ4v) is 3.71. The normalized spacial score (nSPS) is 16.0.